The lowest BCUT2D eigenvalue weighted by Gasteiger charge is -2.26. The monoisotopic (exact) mass is 295 g/mol. The number of hydrogen-bond acceptors (Lipinski definition) is 3. The van der Waals surface area contributed by atoms with E-state index in [1.165, 1.54) is 31.4 Å². The third-order valence-electron chi connectivity index (χ3n) is 4.45. The Bertz CT molecular complexity index is 622. The molecule has 2 aliphatic rings. The predicted molar refractivity (Wildman–Crippen MR) is 87.6 cm³/mol. The van der Waals surface area contributed by atoms with Crippen molar-refractivity contribution in [1.82, 2.24) is 0 Å². The van der Waals surface area contributed by atoms with E-state index < -0.39 is 0 Å². The Morgan fingerprint density at radius 1 is 0.727 bits per heavy atom. The van der Waals surface area contributed by atoms with Gasteiger partial charge in [-0.1, -0.05) is 37.1 Å². The Hall–Kier alpha value is -2.16. The van der Waals surface area contributed by atoms with Crippen molar-refractivity contribution in [3.8, 4) is 11.5 Å². The van der Waals surface area contributed by atoms with Crippen molar-refractivity contribution in [2.75, 3.05) is 18.0 Å². The molecular formula is C19H21NO2. The van der Waals surface area contributed by atoms with Gasteiger partial charge in [0.05, 0.1) is 5.56 Å². The zero-order chi connectivity index (χ0) is 14.8. The summed E-state index contributed by atoms with van der Waals surface area (Å²) in [7, 11) is 0. The Balaban J connectivity index is 1.63. The van der Waals surface area contributed by atoms with E-state index in [1.54, 1.807) is 0 Å². The molecular weight excluding hydrogens is 274 g/mol. The normalized spacial score (nSPS) is 18.3. The van der Waals surface area contributed by atoms with Crippen molar-refractivity contribution in [3.05, 3.63) is 54.1 Å². The molecule has 2 aromatic carbocycles. The molecule has 0 saturated carbocycles. The first-order valence-electron chi connectivity index (χ1n) is 8.18. The molecule has 0 aliphatic carbocycles. The minimum atomic E-state index is -0.336. The van der Waals surface area contributed by atoms with Crippen LogP contribution in [0.4, 0.5) is 5.69 Å². The standard InChI is InChI=1S/C19H21NO2/c1-2-8-14-20(13-7-1)16-10-4-3-9-15(16)19-21-17-11-5-6-12-18(17)22-19/h3-6,9-12,19H,1-2,7-8,13-14H2. The van der Waals surface area contributed by atoms with Gasteiger partial charge in [-0.05, 0) is 37.1 Å². The van der Waals surface area contributed by atoms with E-state index in [0.29, 0.717) is 0 Å². The third kappa shape index (κ3) is 2.52. The van der Waals surface area contributed by atoms with Gasteiger partial charge in [-0.2, -0.15) is 0 Å². The van der Waals surface area contributed by atoms with Crippen molar-refractivity contribution in [2.24, 2.45) is 0 Å². The average Bonchev–Trinajstić information content (AvgIpc) is 2.81. The van der Waals surface area contributed by atoms with E-state index in [2.05, 4.69) is 29.2 Å². The summed E-state index contributed by atoms with van der Waals surface area (Å²) in [6.07, 6.45) is 4.86. The maximum atomic E-state index is 6.01. The summed E-state index contributed by atoms with van der Waals surface area (Å²) in [6.45, 7) is 2.24. The van der Waals surface area contributed by atoms with E-state index in [-0.39, 0.29) is 6.29 Å². The van der Waals surface area contributed by atoms with Crippen LogP contribution in [0.1, 0.15) is 37.5 Å². The van der Waals surface area contributed by atoms with E-state index >= 15 is 0 Å². The molecule has 3 heteroatoms. The lowest BCUT2D eigenvalue weighted by molar-refractivity contribution is 0.0491. The summed E-state index contributed by atoms with van der Waals surface area (Å²) in [5.41, 5.74) is 2.38. The molecule has 0 unspecified atom stereocenters. The average molecular weight is 295 g/mol. The summed E-state index contributed by atoms with van der Waals surface area (Å²) >= 11 is 0. The number of hydrogen-bond donors (Lipinski definition) is 0. The maximum Gasteiger partial charge on any atom is 0.269 e. The molecule has 2 aromatic rings. The molecule has 114 valence electrons. The molecule has 1 saturated heterocycles. The van der Waals surface area contributed by atoms with Crippen LogP contribution < -0.4 is 14.4 Å². The van der Waals surface area contributed by atoms with Gasteiger partial charge in [-0.25, -0.2) is 0 Å². The summed E-state index contributed by atoms with van der Waals surface area (Å²) in [5, 5.41) is 0. The zero-order valence-electron chi connectivity index (χ0n) is 12.7. The van der Waals surface area contributed by atoms with E-state index in [1.807, 2.05) is 24.3 Å². The number of fused-ring (bicyclic) bond motifs is 1. The molecule has 22 heavy (non-hydrogen) atoms. The number of nitrogens with zero attached hydrogens (tertiary/aromatic N) is 1. The molecule has 2 heterocycles. The van der Waals surface area contributed by atoms with E-state index in [0.717, 1.165) is 30.2 Å². The number of para-hydroxylation sites is 3. The Morgan fingerprint density at radius 2 is 1.32 bits per heavy atom. The maximum absolute atomic E-state index is 6.01. The lowest BCUT2D eigenvalue weighted by atomic mass is 10.1. The molecule has 2 aliphatic heterocycles. The summed E-state index contributed by atoms with van der Waals surface area (Å²) in [5.74, 6) is 1.66. The topological polar surface area (TPSA) is 21.7 Å². The highest BCUT2D eigenvalue weighted by atomic mass is 16.7. The number of benzene rings is 2. The Labute approximate surface area is 131 Å². The first-order chi connectivity index (χ1) is 10.9. The van der Waals surface area contributed by atoms with Crippen LogP contribution in [0.2, 0.25) is 0 Å². The quantitative estimate of drug-likeness (QED) is 0.812. The highest BCUT2D eigenvalue weighted by Gasteiger charge is 2.28. The minimum absolute atomic E-state index is 0.336. The largest absolute Gasteiger partial charge is 0.447 e. The summed E-state index contributed by atoms with van der Waals surface area (Å²) in [6, 6.07) is 16.4. The zero-order valence-corrected chi connectivity index (χ0v) is 12.7. The molecule has 0 radical (unpaired) electrons. The van der Waals surface area contributed by atoms with E-state index in [9.17, 15) is 0 Å². The highest BCUT2D eigenvalue weighted by molar-refractivity contribution is 5.56. The fourth-order valence-corrected chi connectivity index (χ4v) is 3.31. The summed E-state index contributed by atoms with van der Waals surface area (Å²) < 4.78 is 12.0. The van der Waals surface area contributed by atoms with Gasteiger partial charge in [0.25, 0.3) is 6.29 Å². The van der Waals surface area contributed by atoms with Crippen molar-refractivity contribution in [3.63, 3.8) is 0 Å². The number of anilines is 1. The van der Waals surface area contributed by atoms with Crippen LogP contribution in [0, 0.1) is 0 Å². The van der Waals surface area contributed by atoms with Gasteiger partial charge >= 0.3 is 0 Å². The van der Waals surface area contributed by atoms with Crippen LogP contribution in [0.15, 0.2) is 48.5 Å². The molecule has 4 rings (SSSR count). The SMILES string of the molecule is c1ccc2c(c1)OC(c1ccccc1N1CCCCCC1)O2. The van der Waals surface area contributed by atoms with Crippen LogP contribution in [0.3, 0.4) is 0 Å². The summed E-state index contributed by atoms with van der Waals surface area (Å²) in [4.78, 5) is 2.48. The van der Waals surface area contributed by atoms with Gasteiger partial charge in [0.15, 0.2) is 11.5 Å². The second-order valence-corrected chi connectivity index (χ2v) is 5.97. The molecule has 1 fully saturated rings. The Morgan fingerprint density at radius 3 is 2.00 bits per heavy atom. The second-order valence-electron chi connectivity index (χ2n) is 5.97. The molecule has 3 nitrogen and oxygen atoms in total. The fraction of sp³-hybridized carbons (Fsp3) is 0.368. The van der Waals surface area contributed by atoms with Crippen molar-refractivity contribution < 1.29 is 9.47 Å². The van der Waals surface area contributed by atoms with Crippen molar-refractivity contribution >= 4 is 5.69 Å². The van der Waals surface area contributed by atoms with Crippen LogP contribution >= 0.6 is 0 Å². The predicted octanol–water partition coefficient (Wildman–Crippen LogP) is 4.54. The Kier molecular flexibility index (Phi) is 3.63. The van der Waals surface area contributed by atoms with Gasteiger partial charge in [-0.3, -0.25) is 0 Å². The van der Waals surface area contributed by atoms with Crippen LogP contribution in [-0.2, 0) is 0 Å². The molecule has 0 N–H and O–H groups in total. The molecule has 0 aromatic heterocycles. The number of ether oxygens (including phenoxy) is 2. The van der Waals surface area contributed by atoms with Crippen LogP contribution in [0.5, 0.6) is 11.5 Å². The highest BCUT2D eigenvalue weighted by Crippen LogP contribution is 2.42. The van der Waals surface area contributed by atoms with Gasteiger partial charge in [-0.15, -0.1) is 0 Å². The minimum Gasteiger partial charge on any atom is -0.447 e. The molecule has 0 spiro atoms. The second kappa shape index (κ2) is 5.91. The molecule has 0 amide bonds. The smallest absolute Gasteiger partial charge is 0.269 e. The number of rotatable bonds is 2. The van der Waals surface area contributed by atoms with E-state index in [4.69, 9.17) is 9.47 Å². The van der Waals surface area contributed by atoms with Crippen LogP contribution in [0.25, 0.3) is 0 Å². The van der Waals surface area contributed by atoms with Crippen molar-refractivity contribution in [1.29, 1.82) is 0 Å². The van der Waals surface area contributed by atoms with Gasteiger partial charge in [0.1, 0.15) is 0 Å². The first kappa shape index (κ1) is 13.5. The fourth-order valence-electron chi connectivity index (χ4n) is 3.31. The lowest BCUT2D eigenvalue weighted by Crippen LogP contribution is -2.26. The first-order valence-corrected chi connectivity index (χ1v) is 8.18. The van der Waals surface area contributed by atoms with Gasteiger partial charge in [0.2, 0.25) is 0 Å². The van der Waals surface area contributed by atoms with Gasteiger partial charge < -0.3 is 14.4 Å². The van der Waals surface area contributed by atoms with Crippen LogP contribution in [-0.4, -0.2) is 13.1 Å². The molecule has 0 atom stereocenters. The molecule has 0 bridgehead atoms. The third-order valence-corrected chi connectivity index (χ3v) is 4.45. The van der Waals surface area contributed by atoms with Crippen molar-refractivity contribution in [2.45, 2.75) is 32.0 Å². The van der Waals surface area contributed by atoms with Gasteiger partial charge in [0, 0.05) is 18.8 Å².